The van der Waals surface area contributed by atoms with E-state index in [4.69, 9.17) is 9.47 Å². The van der Waals surface area contributed by atoms with Crippen LogP contribution in [0.15, 0.2) is 46.8 Å². The predicted molar refractivity (Wildman–Crippen MR) is 116 cm³/mol. The first kappa shape index (κ1) is 21.6. The minimum atomic E-state index is 0. The Balaban J connectivity index is 0.00000312. The third-order valence-corrected chi connectivity index (χ3v) is 4.35. The van der Waals surface area contributed by atoms with Crippen LogP contribution in [0.2, 0.25) is 0 Å². The summed E-state index contributed by atoms with van der Waals surface area (Å²) in [5.74, 6) is 2.52. The molecule has 7 heteroatoms. The lowest BCUT2D eigenvalue weighted by atomic mass is 10.3. The Hall–Kier alpha value is -1.48. The largest absolute Gasteiger partial charge is 0.497 e. The zero-order valence-electron chi connectivity index (χ0n) is 14.7. The van der Waals surface area contributed by atoms with E-state index in [0.717, 1.165) is 43.4 Å². The van der Waals surface area contributed by atoms with Crippen LogP contribution in [0.25, 0.3) is 0 Å². The van der Waals surface area contributed by atoms with Crippen LogP contribution in [0.3, 0.4) is 0 Å². The highest BCUT2D eigenvalue weighted by Gasteiger charge is 1.99. The number of ether oxygens (including phenoxy) is 2. The molecule has 0 radical (unpaired) electrons. The zero-order valence-corrected chi connectivity index (χ0v) is 17.8. The van der Waals surface area contributed by atoms with Crippen molar-refractivity contribution in [3.8, 4) is 11.5 Å². The van der Waals surface area contributed by atoms with Gasteiger partial charge in [0.25, 0.3) is 0 Å². The Labute approximate surface area is 170 Å². The second-order valence-electron chi connectivity index (χ2n) is 5.13. The van der Waals surface area contributed by atoms with Crippen LogP contribution < -0.4 is 20.1 Å². The Morgan fingerprint density at radius 3 is 2.44 bits per heavy atom. The third kappa shape index (κ3) is 8.44. The molecule has 0 aliphatic rings. The van der Waals surface area contributed by atoms with Gasteiger partial charge in [-0.2, -0.15) is 0 Å². The van der Waals surface area contributed by atoms with Gasteiger partial charge < -0.3 is 20.1 Å². The standard InChI is InChI=1S/C18H25N3O2S.HI/c1-19-18(21-12-10-17-5-3-14-24-17)20-11-4-13-23-16-8-6-15(22-2)7-9-16;/h3,5-9,14H,4,10-13H2,1-2H3,(H2,19,20,21);1H. The molecule has 2 aromatic rings. The lowest BCUT2D eigenvalue weighted by molar-refractivity contribution is 0.310. The van der Waals surface area contributed by atoms with E-state index in [-0.39, 0.29) is 24.0 Å². The normalized spacial score (nSPS) is 10.7. The number of nitrogens with zero attached hydrogens (tertiary/aromatic N) is 1. The van der Waals surface area contributed by atoms with Crippen LogP contribution in [-0.2, 0) is 6.42 Å². The van der Waals surface area contributed by atoms with E-state index in [1.54, 1.807) is 25.5 Å². The fraction of sp³-hybridized carbons (Fsp3) is 0.389. The molecule has 0 fully saturated rings. The van der Waals surface area contributed by atoms with E-state index < -0.39 is 0 Å². The maximum atomic E-state index is 5.70. The lowest BCUT2D eigenvalue weighted by Gasteiger charge is -2.12. The van der Waals surface area contributed by atoms with Crippen molar-refractivity contribution in [2.75, 3.05) is 33.9 Å². The summed E-state index contributed by atoms with van der Waals surface area (Å²) in [5, 5.41) is 8.72. The van der Waals surface area contributed by atoms with Gasteiger partial charge in [0.05, 0.1) is 13.7 Å². The highest BCUT2D eigenvalue weighted by molar-refractivity contribution is 14.0. The summed E-state index contributed by atoms with van der Waals surface area (Å²) in [5.41, 5.74) is 0. The first-order valence-electron chi connectivity index (χ1n) is 8.05. The Morgan fingerprint density at radius 2 is 1.80 bits per heavy atom. The highest BCUT2D eigenvalue weighted by atomic mass is 127. The van der Waals surface area contributed by atoms with Crippen molar-refractivity contribution in [2.24, 2.45) is 4.99 Å². The van der Waals surface area contributed by atoms with E-state index >= 15 is 0 Å². The number of guanidine groups is 1. The molecule has 2 rings (SSSR count). The first-order chi connectivity index (χ1) is 11.8. The van der Waals surface area contributed by atoms with E-state index in [1.807, 2.05) is 24.3 Å². The van der Waals surface area contributed by atoms with Gasteiger partial charge >= 0.3 is 0 Å². The van der Waals surface area contributed by atoms with Crippen molar-refractivity contribution < 1.29 is 9.47 Å². The summed E-state index contributed by atoms with van der Waals surface area (Å²) in [6, 6.07) is 11.9. The maximum Gasteiger partial charge on any atom is 0.190 e. The van der Waals surface area contributed by atoms with Crippen molar-refractivity contribution in [3.63, 3.8) is 0 Å². The minimum Gasteiger partial charge on any atom is -0.497 e. The minimum absolute atomic E-state index is 0. The molecule has 5 nitrogen and oxygen atoms in total. The van der Waals surface area contributed by atoms with Gasteiger partial charge in [-0.1, -0.05) is 6.07 Å². The lowest BCUT2D eigenvalue weighted by Crippen LogP contribution is -2.39. The van der Waals surface area contributed by atoms with Crippen molar-refractivity contribution in [1.29, 1.82) is 0 Å². The van der Waals surface area contributed by atoms with Gasteiger partial charge in [0.15, 0.2) is 5.96 Å². The molecule has 0 spiro atoms. The quantitative estimate of drug-likeness (QED) is 0.252. The number of rotatable bonds is 9. The molecule has 0 saturated carbocycles. The molecule has 1 heterocycles. The number of hydrogen-bond acceptors (Lipinski definition) is 4. The van der Waals surface area contributed by atoms with Crippen molar-refractivity contribution in [3.05, 3.63) is 46.7 Å². The van der Waals surface area contributed by atoms with E-state index in [9.17, 15) is 0 Å². The van der Waals surface area contributed by atoms with Crippen LogP contribution in [0.4, 0.5) is 0 Å². The molecule has 0 aliphatic heterocycles. The second-order valence-corrected chi connectivity index (χ2v) is 6.16. The molecule has 0 bridgehead atoms. The van der Waals surface area contributed by atoms with Crippen LogP contribution in [0.5, 0.6) is 11.5 Å². The number of aliphatic imine (C=N–C) groups is 1. The fourth-order valence-electron chi connectivity index (χ4n) is 2.12. The SMILES string of the molecule is CN=C(NCCCOc1ccc(OC)cc1)NCCc1cccs1.I. The Morgan fingerprint density at radius 1 is 1.08 bits per heavy atom. The fourth-order valence-corrected chi connectivity index (χ4v) is 2.83. The van der Waals surface area contributed by atoms with Crippen molar-refractivity contribution in [1.82, 2.24) is 10.6 Å². The van der Waals surface area contributed by atoms with Crippen LogP contribution in [0, 0.1) is 0 Å². The van der Waals surface area contributed by atoms with Gasteiger partial charge in [-0.3, -0.25) is 4.99 Å². The molecule has 1 aromatic heterocycles. The summed E-state index contributed by atoms with van der Waals surface area (Å²) in [6.07, 6.45) is 1.91. The monoisotopic (exact) mass is 475 g/mol. The van der Waals surface area contributed by atoms with Crippen LogP contribution in [0.1, 0.15) is 11.3 Å². The Kier molecular flexibility index (Phi) is 11.1. The van der Waals surface area contributed by atoms with E-state index in [2.05, 4.69) is 33.1 Å². The molecular formula is C18H26IN3O2S. The summed E-state index contributed by atoms with van der Waals surface area (Å²) < 4.78 is 10.8. The number of nitrogens with one attached hydrogen (secondary N) is 2. The number of benzene rings is 1. The molecule has 0 amide bonds. The number of hydrogen-bond donors (Lipinski definition) is 2. The second kappa shape index (κ2) is 12.8. The van der Waals surface area contributed by atoms with Gasteiger partial charge in [0, 0.05) is 25.0 Å². The molecular weight excluding hydrogens is 449 g/mol. The molecule has 0 aliphatic carbocycles. The van der Waals surface area contributed by atoms with Crippen molar-refractivity contribution >= 4 is 41.3 Å². The van der Waals surface area contributed by atoms with Crippen molar-refractivity contribution in [2.45, 2.75) is 12.8 Å². The molecule has 1 aromatic carbocycles. The third-order valence-electron chi connectivity index (χ3n) is 3.41. The average Bonchev–Trinajstić information content (AvgIpc) is 3.14. The maximum absolute atomic E-state index is 5.70. The van der Waals surface area contributed by atoms with Gasteiger partial charge in [0.2, 0.25) is 0 Å². The molecule has 0 atom stereocenters. The average molecular weight is 475 g/mol. The number of thiophene rings is 1. The first-order valence-corrected chi connectivity index (χ1v) is 8.93. The highest BCUT2D eigenvalue weighted by Crippen LogP contribution is 2.16. The van der Waals surface area contributed by atoms with E-state index in [0.29, 0.717) is 6.61 Å². The summed E-state index contributed by atoms with van der Waals surface area (Å²) in [6.45, 7) is 2.35. The molecule has 138 valence electrons. The van der Waals surface area contributed by atoms with Gasteiger partial charge in [0.1, 0.15) is 11.5 Å². The summed E-state index contributed by atoms with van der Waals surface area (Å²) in [7, 11) is 3.44. The number of halogens is 1. The topological polar surface area (TPSA) is 54.9 Å². The molecule has 2 N–H and O–H groups in total. The van der Waals surface area contributed by atoms with E-state index in [1.165, 1.54) is 4.88 Å². The van der Waals surface area contributed by atoms with Crippen LogP contribution >= 0.6 is 35.3 Å². The number of methoxy groups -OCH3 is 1. The predicted octanol–water partition coefficient (Wildman–Crippen LogP) is 3.55. The van der Waals surface area contributed by atoms with Gasteiger partial charge in [-0.05, 0) is 48.6 Å². The summed E-state index contributed by atoms with van der Waals surface area (Å²) >= 11 is 1.78. The smallest absolute Gasteiger partial charge is 0.190 e. The van der Waals surface area contributed by atoms with Gasteiger partial charge in [-0.25, -0.2) is 0 Å². The zero-order chi connectivity index (χ0) is 17.0. The molecule has 0 unspecified atom stereocenters. The van der Waals surface area contributed by atoms with Gasteiger partial charge in [-0.15, -0.1) is 35.3 Å². The molecule has 25 heavy (non-hydrogen) atoms. The van der Waals surface area contributed by atoms with Crippen LogP contribution in [-0.4, -0.2) is 39.8 Å². The molecule has 0 saturated heterocycles. The summed E-state index contributed by atoms with van der Waals surface area (Å²) in [4.78, 5) is 5.61. The Bertz CT molecular complexity index is 603.